The molecule has 152 valence electrons. The molecule has 0 saturated carbocycles. The third-order valence-electron chi connectivity index (χ3n) is 3.41. The van der Waals surface area contributed by atoms with E-state index in [0.29, 0.717) is 6.42 Å². The maximum Gasteiger partial charge on any atom is 0.362 e. The predicted molar refractivity (Wildman–Crippen MR) is 108 cm³/mol. The molecule has 2 atom stereocenters. The number of hydrogen-bond acceptors (Lipinski definition) is 7. The van der Waals surface area contributed by atoms with Crippen molar-refractivity contribution in [2.45, 2.75) is 76.9 Å². The molecule has 0 aliphatic carbocycles. The van der Waals surface area contributed by atoms with Crippen LogP contribution in [-0.4, -0.2) is 58.7 Å². The van der Waals surface area contributed by atoms with Crippen LogP contribution in [0, 0.1) is 0 Å². The van der Waals surface area contributed by atoms with Crippen molar-refractivity contribution in [2.75, 3.05) is 0 Å². The number of esters is 2. The van der Waals surface area contributed by atoms with Crippen LogP contribution in [0.25, 0.3) is 0 Å². The fourth-order valence-corrected chi connectivity index (χ4v) is 15.0. The second-order valence-corrected chi connectivity index (χ2v) is 21.1. The Morgan fingerprint density at radius 1 is 1.08 bits per heavy atom. The van der Waals surface area contributed by atoms with Crippen LogP contribution in [0.5, 0.6) is 0 Å². The molecule has 0 aromatic heterocycles. The zero-order chi connectivity index (χ0) is 21.0. The van der Waals surface area contributed by atoms with Gasteiger partial charge in [-0.1, -0.05) is 19.9 Å². The van der Waals surface area contributed by atoms with Crippen molar-refractivity contribution in [3.8, 4) is 0 Å². The highest BCUT2D eigenvalue weighted by molar-refractivity contribution is 6.90. The maximum absolute atomic E-state index is 12.8. The van der Waals surface area contributed by atoms with Gasteiger partial charge in [0.15, 0.2) is 16.6 Å². The van der Waals surface area contributed by atoms with Crippen molar-refractivity contribution < 1.29 is 32.8 Å². The van der Waals surface area contributed by atoms with Crippen LogP contribution in [0.2, 0.25) is 45.8 Å². The molecule has 0 aliphatic rings. The number of rotatable bonds is 10. The molecule has 0 bridgehead atoms. The molecule has 10 heteroatoms. The van der Waals surface area contributed by atoms with Gasteiger partial charge in [0.05, 0.1) is 6.10 Å². The number of hydrogen-bond donors (Lipinski definition) is 2. The van der Waals surface area contributed by atoms with E-state index in [1.54, 1.807) is 6.55 Å². The van der Waals surface area contributed by atoms with Gasteiger partial charge in [0, 0.05) is 6.08 Å². The molecule has 0 amide bonds. The second-order valence-electron chi connectivity index (χ2n) is 8.36. The van der Waals surface area contributed by atoms with Gasteiger partial charge in [-0.25, -0.2) is 9.59 Å². The number of aliphatic hydroxyl groups excluding tert-OH is 1. The van der Waals surface area contributed by atoms with Gasteiger partial charge in [-0.15, -0.1) is 0 Å². The summed E-state index contributed by atoms with van der Waals surface area (Å²) in [5.41, 5.74) is 0. The average molecular weight is 423 g/mol. The largest absolute Gasteiger partial charge is 0.435 e. The van der Waals surface area contributed by atoms with Crippen molar-refractivity contribution in [2.24, 2.45) is 0 Å². The summed E-state index contributed by atoms with van der Waals surface area (Å²) in [6.07, 6.45) is -0.0267. The highest BCUT2D eigenvalue weighted by atomic mass is 28.5. The Bertz CT molecular complexity index is 509. The minimum absolute atomic E-state index is 0.126. The molecule has 0 spiro atoms. The molecule has 0 aromatic carbocycles. The highest BCUT2D eigenvalue weighted by Crippen LogP contribution is 2.35. The van der Waals surface area contributed by atoms with E-state index in [9.17, 15) is 19.8 Å². The van der Waals surface area contributed by atoms with Crippen molar-refractivity contribution in [1.29, 1.82) is 0 Å². The summed E-state index contributed by atoms with van der Waals surface area (Å²) >= 11 is 0. The molecule has 2 unspecified atom stereocenters. The molecule has 0 heterocycles. The van der Waals surface area contributed by atoms with Gasteiger partial charge in [0.25, 0.3) is 0 Å². The Kier molecular flexibility index (Phi) is 8.82. The molecular formula is C16H34O7Si3. The molecule has 0 aliphatic heterocycles. The van der Waals surface area contributed by atoms with E-state index in [2.05, 4.69) is 6.58 Å². The Labute approximate surface area is 159 Å². The minimum atomic E-state index is -3.75. The quantitative estimate of drug-likeness (QED) is 0.241. The van der Waals surface area contributed by atoms with Crippen molar-refractivity contribution >= 4 is 37.1 Å². The van der Waals surface area contributed by atoms with Gasteiger partial charge in [-0.3, -0.25) is 0 Å². The first-order chi connectivity index (χ1) is 11.5. The Morgan fingerprint density at radius 2 is 1.50 bits per heavy atom. The zero-order valence-corrected chi connectivity index (χ0v) is 20.2. The molecule has 7 nitrogen and oxygen atoms in total. The highest BCUT2D eigenvalue weighted by Gasteiger charge is 2.66. The van der Waals surface area contributed by atoms with Crippen LogP contribution in [0.15, 0.2) is 12.7 Å². The number of carbonyl (C=O) groups is 2. The summed E-state index contributed by atoms with van der Waals surface area (Å²) in [6.45, 7) is 18.0. The van der Waals surface area contributed by atoms with E-state index in [-0.39, 0.29) is 6.42 Å². The van der Waals surface area contributed by atoms with Gasteiger partial charge in [-0.05, 0) is 52.2 Å². The van der Waals surface area contributed by atoms with Gasteiger partial charge in [0.2, 0.25) is 5.22 Å². The Balaban J connectivity index is 6.36. The zero-order valence-electron chi connectivity index (χ0n) is 17.2. The molecule has 0 radical (unpaired) electrons. The standard InChI is InChI=1S/C16H34O7Si3/c1-10-12-13(17)16(20,15(19)21-14(18)11-2)26(9,22-24(3,4)5)23-25(6,7)8/h11,13,17,20H,2,10,12H2,1,3-9H3. The third kappa shape index (κ3) is 6.83. The summed E-state index contributed by atoms with van der Waals surface area (Å²) in [4.78, 5) is 24.3. The lowest BCUT2D eigenvalue weighted by Crippen LogP contribution is -2.74. The fourth-order valence-electron chi connectivity index (χ4n) is 2.66. The van der Waals surface area contributed by atoms with Crippen LogP contribution in [0.4, 0.5) is 0 Å². The van der Waals surface area contributed by atoms with Crippen LogP contribution in [0.3, 0.4) is 0 Å². The molecule has 2 N–H and O–H groups in total. The molecule has 26 heavy (non-hydrogen) atoms. The molecule has 0 rings (SSSR count). The van der Waals surface area contributed by atoms with Crippen molar-refractivity contribution in [3.63, 3.8) is 0 Å². The predicted octanol–water partition coefficient (Wildman–Crippen LogP) is 2.45. The topological polar surface area (TPSA) is 102 Å². The summed E-state index contributed by atoms with van der Waals surface area (Å²) in [6, 6.07) is 0. The second kappa shape index (κ2) is 9.04. The van der Waals surface area contributed by atoms with Gasteiger partial charge < -0.3 is 23.2 Å². The molecule has 0 saturated heterocycles. The Morgan fingerprint density at radius 3 is 1.81 bits per heavy atom. The Hall–Kier alpha value is -0.629. The fraction of sp³-hybridized carbons (Fsp3) is 0.750. The minimum Gasteiger partial charge on any atom is -0.435 e. The van der Waals surface area contributed by atoms with Gasteiger partial charge in [-0.2, -0.15) is 0 Å². The normalized spacial score (nSPS) is 16.5. The van der Waals surface area contributed by atoms with E-state index in [0.717, 1.165) is 6.08 Å². The summed E-state index contributed by atoms with van der Waals surface area (Å²) in [7, 11) is -8.33. The van der Waals surface area contributed by atoms with E-state index < -0.39 is 48.5 Å². The first-order valence-corrected chi connectivity index (χ1v) is 17.8. The van der Waals surface area contributed by atoms with E-state index >= 15 is 0 Å². The lowest BCUT2D eigenvalue weighted by molar-refractivity contribution is -0.174. The molecular weight excluding hydrogens is 388 g/mol. The number of aliphatic hydroxyl groups is 2. The van der Waals surface area contributed by atoms with Crippen LogP contribution in [-0.2, 0) is 22.6 Å². The van der Waals surface area contributed by atoms with Crippen LogP contribution >= 0.6 is 0 Å². The van der Waals surface area contributed by atoms with E-state index in [1.807, 2.05) is 46.2 Å². The first-order valence-electron chi connectivity index (χ1n) is 8.72. The monoisotopic (exact) mass is 422 g/mol. The van der Waals surface area contributed by atoms with Gasteiger partial charge in [0.1, 0.15) is 0 Å². The van der Waals surface area contributed by atoms with Crippen molar-refractivity contribution in [3.05, 3.63) is 12.7 Å². The lowest BCUT2D eigenvalue weighted by atomic mass is 10.1. The lowest BCUT2D eigenvalue weighted by Gasteiger charge is -2.47. The van der Waals surface area contributed by atoms with Crippen LogP contribution in [0.1, 0.15) is 19.8 Å². The number of ether oxygens (including phenoxy) is 1. The smallest absolute Gasteiger partial charge is 0.362 e. The average Bonchev–Trinajstić information content (AvgIpc) is 2.41. The SMILES string of the molecule is C=CC(=O)OC(=O)C(O)(C(O)CCC)[Si](C)(O[Si](C)(C)C)O[Si](C)(C)C. The number of carbonyl (C=O) groups excluding carboxylic acids is 2. The summed E-state index contributed by atoms with van der Waals surface area (Å²) < 4.78 is 17.1. The summed E-state index contributed by atoms with van der Waals surface area (Å²) in [5, 5.41) is 19.6. The third-order valence-corrected chi connectivity index (χ3v) is 13.3. The van der Waals surface area contributed by atoms with Gasteiger partial charge >= 0.3 is 20.5 Å². The summed E-state index contributed by atoms with van der Waals surface area (Å²) in [5.74, 6) is -2.26. The van der Waals surface area contributed by atoms with E-state index in [1.165, 1.54) is 0 Å². The molecule has 0 fully saturated rings. The molecule has 0 aromatic rings. The van der Waals surface area contributed by atoms with E-state index in [4.69, 9.17) is 13.0 Å². The first kappa shape index (κ1) is 25.4. The maximum atomic E-state index is 12.8. The van der Waals surface area contributed by atoms with Crippen LogP contribution < -0.4 is 0 Å². The van der Waals surface area contributed by atoms with Crippen molar-refractivity contribution in [1.82, 2.24) is 0 Å².